The van der Waals surface area contributed by atoms with Gasteiger partial charge in [-0.15, -0.1) is 0 Å². The molecule has 4 aliphatic rings. The number of piperazine rings is 1. The molecule has 0 bridgehead atoms. The van der Waals surface area contributed by atoms with Gasteiger partial charge in [-0.2, -0.15) is 0 Å². The summed E-state index contributed by atoms with van der Waals surface area (Å²) in [4.78, 5) is 28.8. The van der Waals surface area contributed by atoms with Gasteiger partial charge in [0.15, 0.2) is 33.0 Å². The molecule has 0 unspecified atom stereocenters. The van der Waals surface area contributed by atoms with Gasteiger partial charge in [0.2, 0.25) is 10.0 Å². The van der Waals surface area contributed by atoms with E-state index in [0.29, 0.717) is 78.2 Å². The molecule has 8 rings (SSSR count). The number of hydrogen-bond acceptors (Lipinski definition) is 15. The summed E-state index contributed by atoms with van der Waals surface area (Å²) in [5, 5.41) is 10.8. The lowest BCUT2D eigenvalue weighted by molar-refractivity contribution is -0.119. The summed E-state index contributed by atoms with van der Waals surface area (Å²) in [5.74, 6) is -1.82. The molecule has 4 atom stereocenters. The molecule has 18 nitrogen and oxygen atoms in total. The third-order valence-corrected chi connectivity index (χ3v) is 20.0. The molecule has 2 aliphatic carbocycles. The fraction of sp³-hybridized carbons (Fsp3) is 0.567. The maximum absolute atomic E-state index is 15.5. The predicted octanol–water partition coefficient (Wildman–Crippen LogP) is 9.48. The number of nitrogens with zero attached hydrogens (tertiary/aromatic N) is 2. The van der Waals surface area contributed by atoms with Gasteiger partial charge in [-0.25, -0.2) is 35.1 Å². The van der Waals surface area contributed by atoms with Gasteiger partial charge in [0.1, 0.15) is 18.0 Å². The van der Waals surface area contributed by atoms with Gasteiger partial charge in [-0.1, -0.05) is 59.2 Å². The minimum atomic E-state index is -4.05. The molecule has 0 saturated carbocycles. The fourth-order valence-corrected chi connectivity index (χ4v) is 14.8. The summed E-state index contributed by atoms with van der Waals surface area (Å²) in [6.07, 6.45) is 7.20. The number of rotatable bonds is 35. The first-order valence-electron chi connectivity index (χ1n) is 29.6. The molecule has 86 heavy (non-hydrogen) atoms. The number of Topliss-reactive ketones (excluding diaryl/α,β-unsaturated/α-hetero) is 1. The average molecular weight is 1320 g/mol. The highest BCUT2D eigenvalue weighted by Crippen LogP contribution is 2.45. The number of piperidine rings is 1. The second-order valence-electron chi connectivity index (χ2n) is 21.8. The molecule has 0 aromatic heterocycles. The number of carbonyl (C=O) groups excluding carboxylic acids is 2. The first-order valence-corrected chi connectivity index (χ1v) is 34.3. The number of fused-ring (bicyclic) bond motifs is 2. The molecule has 2 heterocycles. The topological polar surface area (TPSA) is 212 Å². The Morgan fingerprint density at radius 2 is 1.07 bits per heavy atom. The minimum absolute atomic E-state index is 0.0384. The van der Waals surface area contributed by atoms with Crippen LogP contribution in [-0.4, -0.2) is 168 Å². The molecule has 2 saturated heterocycles. The number of likely N-dealkylation sites (tertiary alicyclic amines) is 1. The van der Waals surface area contributed by atoms with Gasteiger partial charge in [0, 0.05) is 103 Å². The van der Waals surface area contributed by atoms with Crippen LogP contribution in [-0.2, 0) is 56.4 Å². The Hall–Kier alpha value is -3.98. The quantitative estimate of drug-likeness (QED) is 0.0316. The second-order valence-corrected chi connectivity index (χ2v) is 27.3. The Labute approximate surface area is 523 Å². The Morgan fingerprint density at radius 1 is 0.558 bits per heavy atom. The van der Waals surface area contributed by atoms with Crippen LogP contribution < -0.4 is 30.1 Å². The fourth-order valence-electron chi connectivity index (χ4n) is 11.3. The van der Waals surface area contributed by atoms with Crippen molar-refractivity contribution < 1.29 is 63.6 Å². The van der Waals surface area contributed by atoms with Crippen molar-refractivity contribution in [2.24, 2.45) is 0 Å². The molecule has 4 aromatic rings. The van der Waals surface area contributed by atoms with Crippen molar-refractivity contribution in [2.45, 2.75) is 111 Å². The summed E-state index contributed by atoms with van der Waals surface area (Å²) in [7, 11) is -7.86. The number of benzene rings is 4. The van der Waals surface area contributed by atoms with Gasteiger partial charge < -0.3 is 44.4 Å². The molecular weight excluding hydrogens is 1240 g/mol. The Balaban J connectivity index is 0.587. The van der Waals surface area contributed by atoms with E-state index in [2.05, 4.69) is 30.5 Å². The van der Waals surface area contributed by atoms with Crippen LogP contribution in [0.15, 0.2) is 70.5 Å². The van der Waals surface area contributed by atoms with Gasteiger partial charge >= 0.3 is 6.03 Å². The van der Waals surface area contributed by atoms with Crippen molar-refractivity contribution >= 4 is 78.1 Å². The third-order valence-electron chi connectivity index (χ3n) is 15.7. The van der Waals surface area contributed by atoms with Gasteiger partial charge in [0.05, 0.1) is 67.3 Å². The molecule has 2 aliphatic heterocycles. The van der Waals surface area contributed by atoms with Crippen molar-refractivity contribution in [2.75, 3.05) is 118 Å². The van der Waals surface area contributed by atoms with E-state index in [-0.39, 0.29) is 117 Å². The maximum Gasteiger partial charge on any atom is 0.314 e. The van der Waals surface area contributed by atoms with Crippen LogP contribution in [0.2, 0.25) is 20.1 Å². The van der Waals surface area contributed by atoms with Crippen molar-refractivity contribution in [1.82, 2.24) is 30.5 Å². The number of ether oxygens (including phenoxy) is 6. The molecule has 26 heteroatoms. The maximum atomic E-state index is 15.5. The second kappa shape index (κ2) is 33.7. The first-order chi connectivity index (χ1) is 41.5. The zero-order chi connectivity index (χ0) is 61.1. The number of urea groups is 1. The van der Waals surface area contributed by atoms with Crippen molar-refractivity contribution in [1.29, 1.82) is 0 Å². The van der Waals surface area contributed by atoms with Crippen LogP contribution in [0.5, 0.6) is 11.5 Å². The molecule has 2 amide bonds. The summed E-state index contributed by atoms with van der Waals surface area (Å²) in [6.45, 7) is 7.49. The average Bonchev–Trinajstić information content (AvgIpc) is 1.77. The summed E-state index contributed by atoms with van der Waals surface area (Å²) in [5.41, 5.74) is 3.44. The van der Waals surface area contributed by atoms with Crippen LogP contribution in [0, 0.1) is 11.6 Å². The Morgan fingerprint density at radius 3 is 1.66 bits per heavy atom. The van der Waals surface area contributed by atoms with Gasteiger partial charge in [-0.05, 0) is 136 Å². The molecule has 474 valence electrons. The van der Waals surface area contributed by atoms with Crippen LogP contribution in [0.25, 0.3) is 0 Å². The molecule has 0 spiro atoms. The minimum Gasteiger partial charge on any atom is -0.481 e. The van der Waals surface area contributed by atoms with E-state index in [1.54, 1.807) is 18.2 Å². The number of amides is 2. The number of ketones is 1. The standard InChI is InChI=1S/C60H78Cl4F2N6O12S2/c61-41-33-48-46(50(63)35-41)39-54(71-20-5-2-6-21-71)58(48)84-57-14-12-45(38-53(57)66)86(77,78)70-19-27-82-31-28-79-24-7-10-43(73)9-3-1-4-15-68-60(74)69-18-26-81-30-29-80-25-8-32-85(75,76)44-11-13-56(52(65)37-44)83-59-49-34-42(62)36-51(64)47(49)40-55(59)72-22-16-67-17-23-72/h11-14,33-38,54-55,58-59,67,70H,1-10,15-32,39-40H2,(H2,68,69,74)/t54-,55-,58-,59-/m0/s1. The molecular formula is C60H78Cl4F2N6O12S2. The zero-order valence-electron chi connectivity index (χ0n) is 48.2. The SMILES string of the molecule is O=C(CCCCCNC(=O)NCCOCCOCCCS(=O)(=O)c1ccc(O[C@H]2c3cc(Cl)cc(Cl)c3C[C@@H]2N2CCNCC2)c(F)c1)CCCOCCOCCNS(=O)(=O)c1ccc(O[C@H]2c3cc(Cl)cc(Cl)c3C[C@@H]2N2CCCCC2)c(F)c1. The van der Waals surface area contributed by atoms with E-state index >= 15 is 8.78 Å². The van der Waals surface area contributed by atoms with E-state index < -0.39 is 43.7 Å². The van der Waals surface area contributed by atoms with E-state index in [1.165, 1.54) is 24.3 Å². The lowest BCUT2D eigenvalue weighted by atomic mass is 10.0. The zero-order valence-corrected chi connectivity index (χ0v) is 52.8. The van der Waals surface area contributed by atoms with Crippen molar-refractivity contribution in [3.63, 3.8) is 0 Å². The lowest BCUT2D eigenvalue weighted by Gasteiger charge is -2.36. The van der Waals surface area contributed by atoms with E-state index in [9.17, 15) is 26.4 Å². The van der Waals surface area contributed by atoms with E-state index in [1.807, 2.05) is 6.07 Å². The number of nitrogens with one attached hydrogen (secondary N) is 4. The highest BCUT2D eigenvalue weighted by atomic mass is 35.5. The van der Waals surface area contributed by atoms with Gasteiger partial charge in [0.25, 0.3) is 0 Å². The summed E-state index contributed by atoms with van der Waals surface area (Å²) in [6, 6.07) is 13.8. The summed E-state index contributed by atoms with van der Waals surface area (Å²) < 4.78 is 120. The van der Waals surface area contributed by atoms with Crippen LogP contribution in [0.3, 0.4) is 0 Å². The predicted molar refractivity (Wildman–Crippen MR) is 327 cm³/mol. The van der Waals surface area contributed by atoms with E-state index in [0.717, 1.165) is 99.3 Å². The first kappa shape index (κ1) is 67.9. The van der Waals surface area contributed by atoms with Crippen LogP contribution in [0.1, 0.15) is 98.7 Å². The molecule has 2 fully saturated rings. The van der Waals surface area contributed by atoms with Gasteiger partial charge in [-0.3, -0.25) is 14.6 Å². The summed E-state index contributed by atoms with van der Waals surface area (Å²) >= 11 is 25.9. The smallest absolute Gasteiger partial charge is 0.314 e. The number of carbonyl (C=O) groups is 2. The highest BCUT2D eigenvalue weighted by Gasteiger charge is 2.42. The third kappa shape index (κ3) is 19.8. The Kier molecular flexibility index (Phi) is 26.6. The number of halogens is 6. The molecule has 4 aromatic carbocycles. The van der Waals surface area contributed by atoms with Crippen LogP contribution >= 0.6 is 46.4 Å². The molecule has 4 N–H and O–H groups in total. The normalized spacial score (nSPS) is 19.1. The highest BCUT2D eigenvalue weighted by molar-refractivity contribution is 7.91. The number of hydrogen-bond donors (Lipinski definition) is 4. The monoisotopic (exact) mass is 1320 g/mol. The number of unbranched alkanes of at least 4 members (excludes halogenated alkanes) is 2. The Bertz CT molecular complexity index is 2920. The number of sulfone groups is 1. The lowest BCUT2D eigenvalue weighted by Crippen LogP contribution is -2.50. The largest absolute Gasteiger partial charge is 0.481 e. The van der Waals surface area contributed by atoms with E-state index in [4.69, 9.17) is 74.8 Å². The number of sulfonamides is 1. The van der Waals surface area contributed by atoms with Crippen molar-refractivity contribution in [3.8, 4) is 11.5 Å². The van der Waals surface area contributed by atoms with Crippen molar-refractivity contribution in [3.05, 3.63) is 115 Å². The van der Waals surface area contributed by atoms with Crippen LogP contribution in [0.4, 0.5) is 13.6 Å². The molecule has 0 radical (unpaired) electrons.